The van der Waals surface area contributed by atoms with Gasteiger partial charge >= 0.3 is 0 Å². The van der Waals surface area contributed by atoms with Crippen LogP contribution < -0.4 is 0 Å². The third-order valence-corrected chi connectivity index (χ3v) is 4.52. The number of morpholine rings is 1. The summed E-state index contributed by atoms with van der Waals surface area (Å²) in [6.45, 7) is 10.1. The van der Waals surface area contributed by atoms with Gasteiger partial charge in [0.1, 0.15) is 0 Å². The van der Waals surface area contributed by atoms with Crippen molar-refractivity contribution >= 4 is 23.9 Å². The fourth-order valence-electron chi connectivity index (χ4n) is 3.03. The predicted molar refractivity (Wildman–Crippen MR) is 90.9 cm³/mol. The molecule has 0 saturated carbocycles. The molecule has 128 valence electrons. The highest BCUT2D eigenvalue weighted by molar-refractivity contribution is 6.01. The Bertz CT molecular complexity index is 596. The van der Waals surface area contributed by atoms with E-state index in [2.05, 4.69) is 4.90 Å². The zero-order valence-corrected chi connectivity index (χ0v) is 14.8. The molecule has 0 aromatic heterocycles. The third-order valence-electron chi connectivity index (χ3n) is 4.52. The summed E-state index contributed by atoms with van der Waals surface area (Å²) in [6, 6.07) is 0. The molecule has 2 rings (SSSR count). The molecule has 0 bridgehead atoms. The third kappa shape index (κ3) is 3.88. The largest absolute Gasteiger partial charge is 0.379 e. The SMILES string of the molecule is Cc1c(C)c([N+](=O)[O-])c(C)c(C)c1C(=O)CN1CCOCC1.Cl. The summed E-state index contributed by atoms with van der Waals surface area (Å²) >= 11 is 0. The van der Waals surface area contributed by atoms with E-state index in [0.717, 1.165) is 13.1 Å². The minimum absolute atomic E-state index is 0. The van der Waals surface area contributed by atoms with Gasteiger partial charge in [-0.05, 0) is 38.8 Å². The number of nitro groups is 1. The van der Waals surface area contributed by atoms with E-state index in [9.17, 15) is 14.9 Å². The molecule has 23 heavy (non-hydrogen) atoms. The first-order chi connectivity index (χ1) is 10.3. The second-order valence-electron chi connectivity index (χ2n) is 5.79. The van der Waals surface area contributed by atoms with Crippen molar-refractivity contribution in [2.75, 3.05) is 32.8 Å². The Balaban J connectivity index is 0.00000264. The van der Waals surface area contributed by atoms with Crippen LogP contribution in [0.3, 0.4) is 0 Å². The van der Waals surface area contributed by atoms with Crippen molar-refractivity contribution in [1.82, 2.24) is 4.90 Å². The topological polar surface area (TPSA) is 72.7 Å². The fourth-order valence-corrected chi connectivity index (χ4v) is 3.03. The molecule has 1 fully saturated rings. The molecule has 1 aliphatic heterocycles. The lowest BCUT2D eigenvalue weighted by molar-refractivity contribution is -0.386. The van der Waals surface area contributed by atoms with Gasteiger partial charge < -0.3 is 4.74 Å². The molecule has 1 aromatic carbocycles. The van der Waals surface area contributed by atoms with Gasteiger partial charge in [0, 0.05) is 29.8 Å². The maximum atomic E-state index is 12.7. The molecule has 7 heteroatoms. The zero-order valence-electron chi connectivity index (χ0n) is 14.0. The average molecular weight is 343 g/mol. The Labute approximate surface area is 142 Å². The van der Waals surface area contributed by atoms with Gasteiger partial charge in [0.05, 0.1) is 24.7 Å². The summed E-state index contributed by atoms with van der Waals surface area (Å²) in [5.41, 5.74) is 3.35. The number of halogens is 1. The van der Waals surface area contributed by atoms with Crippen molar-refractivity contribution in [3.05, 3.63) is 37.9 Å². The van der Waals surface area contributed by atoms with Crippen LogP contribution in [-0.4, -0.2) is 48.5 Å². The molecule has 0 spiro atoms. The van der Waals surface area contributed by atoms with Crippen LogP contribution in [0.5, 0.6) is 0 Å². The maximum Gasteiger partial charge on any atom is 0.275 e. The molecular weight excluding hydrogens is 320 g/mol. The highest BCUT2D eigenvalue weighted by Crippen LogP contribution is 2.32. The monoisotopic (exact) mass is 342 g/mol. The summed E-state index contributed by atoms with van der Waals surface area (Å²) in [6.07, 6.45) is 0. The molecule has 0 amide bonds. The van der Waals surface area contributed by atoms with Gasteiger partial charge in [-0.3, -0.25) is 19.8 Å². The number of carbonyl (C=O) groups is 1. The van der Waals surface area contributed by atoms with Crippen molar-refractivity contribution in [3.8, 4) is 0 Å². The molecule has 0 radical (unpaired) electrons. The summed E-state index contributed by atoms with van der Waals surface area (Å²) < 4.78 is 5.29. The number of nitrogens with zero attached hydrogens (tertiary/aromatic N) is 2. The molecular formula is C16H23ClN2O4. The van der Waals surface area contributed by atoms with E-state index in [1.54, 1.807) is 27.7 Å². The van der Waals surface area contributed by atoms with E-state index in [1.807, 2.05) is 0 Å². The predicted octanol–water partition coefficient (Wildman–Crippen LogP) is 2.77. The normalized spacial score (nSPS) is 15.1. The number of nitro benzene ring substituents is 1. The number of hydrogen-bond acceptors (Lipinski definition) is 5. The van der Waals surface area contributed by atoms with Crippen LogP contribution in [0.15, 0.2) is 0 Å². The van der Waals surface area contributed by atoms with Crippen LogP contribution in [0.2, 0.25) is 0 Å². The van der Waals surface area contributed by atoms with Gasteiger partial charge in [0.2, 0.25) is 0 Å². The van der Waals surface area contributed by atoms with Crippen LogP contribution in [0.4, 0.5) is 5.69 Å². The maximum absolute atomic E-state index is 12.7. The summed E-state index contributed by atoms with van der Waals surface area (Å²) in [4.78, 5) is 25.6. The molecule has 0 unspecified atom stereocenters. The van der Waals surface area contributed by atoms with Crippen LogP contribution >= 0.6 is 12.4 Å². The Morgan fingerprint density at radius 3 is 2.00 bits per heavy atom. The quantitative estimate of drug-likeness (QED) is 0.478. The number of Topliss-reactive ketones (excluding diaryl/α,β-unsaturated/α-hetero) is 1. The average Bonchev–Trinajstić information content (AvgIpc) is 2.46. The number of ketones is 1. The molecule has 1 aliphatic rings. The molecule has 1 heterocycles. The fraction of sp³-hybridized carbons (Fsp3) is 0.562. The van der Waals surface area contributed by atoms with Crippen LogP contribution in [0.25, 0.3) is 0 Å². The number of benzene rings is 1. The molecule has 6 nitrogen and oxygen atoms in total. The zero-order chi connectivity index (χ0) is 16.4. The van der Waals surface area contributed by atoms with Crippen LogP contribution in [-0.2, 0) is 4.74 Å². The van der Waals surface area contributed by atoms with Crippen LogP contribution in [0, 0.1) is 37.8 Å². The summed E-state index contributed by atoms with van der Waals surface area (Å²) in [5.74, 6) is 0.0259. The van der Waals surface area contributed by atoms with Crippen molar-refractivity contribution in [1.29, 1.82) is 0 Å². The Hall–Kier alpha value is -1.50. The van der Waals surface area contributed by atoms with E-state index in [4.69, 9.17) is 4.74 Å². The number of hydrogen-bond donors (Lipinski definition) is 0. The Kier molecular flexibility index (Phi) is 6.68. The Morgan fingerprint density at radius 1 is 1.09 bits per heavy atom. The lowest BCUT2D eigenvalue weighted by Gasteiger charge is -2.26. The van der Waals surface area contributed by atoms with Gasteiger partial charge in [0.25, 0.3) is 5.69 Å². The smallest absolute Gasteiger partial charge is 0.275 e. The summed E-state index contributed by atoms with van der Waals surface area (Å²) in [7, 11) is 0. The van der Waals surface area contributed by atoms with Gasteiger partial charge in [-0.25, -0.2) is 0 Å². The van der Waals surface area contributed by atoms with Crippen LogP contribution in [0.1, 0.15) is 32.6 Å². The number of carbonyl (C=O) groups excluding carboxylic acids is 1. The second-order valence-corrected chi connectivity index (χ2v) is 5.79. The van der Waals surface area contributed by atoms with E-state index < -0.39 is 0 Å². The van der Waals surface area contributed by atoms with Gasteiger partial charge in [-0.15, -0.1) is 12.4 Å². The lowest BCUT2D eigenvalue weighted by atomic mass is 9.89. The summed E-state index contributed by atoms with van der Waals surface area (Å²) in [5, 5.41) is 11.2. The minimum Gasteiger partial charge on any atom is -0.379 e. The molecule has 0 N–H and O–H groups in total. The number of ether oxygens (including phenoxy) is 1. The first-order valence-electron chi connectivity index (χ1n) is 7.42. The van der Waals surface area contributed by atoms with E-state index >= 15 is 0 Å². The van der Waals surface area contributed by atoms with E-state index in [-0.39, 0.29) is 28.8 Å². The van der Waals surface area contributed by atoms with Gasteiger partial charge in [-0.2, -0.15) is 0 Å². The van der Waals surface area contributed by atoms with E-state index in [0.29, 0.717) is 47.6 Å². The first-order valence-corrected chi connectivity index (χ1v) is 7.42. The molecule has 1 aromatic rings. The molecule has 0 atom stereocenters. The van der Waals surface area contributed by atoms with Crippen molar-refractivity contribution in [2.45, 2.75) is 27.7 Å². The van der Waals surface area contributed by atoms with Crippen molar-refractivity contribution in [3.63, 3.8) is 0 Å². The van der Waals surface area contributed by atoms with Crippen molar-refractivity contribution < 1.29 is 14.5 Å². The highest BCUT2D eigenvalue weighted by Gasteiger charge is 2.26. The van der Waals surface area contributed by atoms with Gasteiger partial charge in [-0.1, -0.05) is 0 Å². The first kappa shape index (κ1) is 19.5. The highest BCUT2D eigenvalue weighted by atomic mass is 35.5. The minimum atomic E-state index is -0.360. The van der Waals surface area contributed by atoms with Crippen molar-refractivity contribution in [2.24, 2.45) is 0 Å². The second kappa shape index (κ2) is 7.86. The Morgan fingerprint density at radius 2 is 1.57 bits per heavy atom. The van der Waals surface area contributed by atoms with Gasteiger partial charge in [0.15, 0.2) is 5.78 Å². The van der Waals surface area contributed by atoms with E-state index in [1.165, 1.54) is 0 Å². The number of rotatable bonds is 4. The lowest BCUT2D eigenvalue weighted by Crippen LogP contribution is -2.39. The molecule has 1 saturated heterocycles. The molecule has 0 aliphatic carbocycles. The standard InChI is InChI=1S/C16H22N2O4.ClH/c1-10-12(3)16(18(20)21)13(4)11(2)15(10)14(19)9-17-5-7-22-8-6-17;/h5-9H2,1-4H3;1H.